The number of rotatable bonds is 4. The Bertz CT molecular complexity index is 597. The number of para-hydroxylation sites is 2. The minimum Gasteiger partial charge on any atom is -0.494 e. The van der Waals surface area contributed by atoms with Gasteiger partial charge in [-0.3, -0.25) is 0 Å². The lowest BCUT2D eigenvalue weighted by Crippen LogP contribution is -2.32. The molecule has 3 rings (SSSR count). The van der Waals surface area contributed by atoms with Crippen molar-refractivity contribution in [3.05, 3.63) is 54.1 Å². The molecule has 2 aromatic carbocycles. The van der Waals surface area contributed by atoms with Gasteiger partial charge in [0.1, 0.15) is 12.4 Å². The third kappa shape index (κ3) is 3.08. The summed E-state index contributed by atoms with van der Waals surface area (Å²) in [6, 6.07) is 15.4. The van der Waals surface area contributed by atoms with Gasteiger partial charge in [-0.1, -0.05) is 24.3 Å². The second-order valence-electron chi connectivity index (χ2n) is 4.82. The lowest BCUT2D eigenvalue weighted by molar-refractivity contribution is 0.0877. The fourth-order valence-electron chi connectivity index (χ4n) is 2.31. The third-order valence-electron chi connectivity index (χ3n) is 3.37. The Hall–Kier alpha value is -1.87. The number of ether oxygens (including phenoxy) is 3. The van der Waals surface area contributed by atoms with E-state index in [9.17, 15) is 0 Å². The molecule has 21 heavy (non-hydrogen) atoms. The molecular formula is C17H17ClO3. The molecule has 1 aliphatic rings. The van der Waals surface area contributed by atoms with Crippen LogP contribution in [0.5, 0.6) is 17.2 Å². The van der Waals surface area contributed by atoms with Crippen LogP contribution in [0, 0.1) is 0 Å². The van der Waals surface area contributed by atoms with Gasteiger partial charge >= 0.3 is 0 Å². The molecule has 3 nitrogen and oxygen atoms in total. The highest BCUT2D eigenvalue weighted by atomic mass is 35.5. The van der Waals surface area contributed by atoms with Crippen LogP contribution in [0.15, 0.2) is 48.5 Å². The lowest BCUT2D eigenvalue weighted by Gasteiger charge is -2.29. The smallest absolute Gasteiger partial charge is 0.161 e. The highest BCUT2D eigenvalue weighted by Gasteiger charge is 2.28. The second-order valence-corrected chi connectivity index (χ2v) is 5.29. The van der Waals surface area contributed by atoms with E-state index < -0.39 is 0 Å². The van der Waals surface area contributed by atoms with Crippen LogP contribution in [0.1, 0.15) is 17.9 Å². The van der Waals surface area contributed by atoms with Crippen LogP contribution < -0.4 is 14.2 Å². The predicted molar refractivity (Wildman–Crippen MR) is 82.6 cm³/mol. The molecular weight excluding hydrogens is 288 g/mol. The first-order valence-electron chi connectivity index (χ1n) is 7.03. The van der Waals surface area contributed by atoms with Crippen LogP contribution >= 0.6 is 11.6 Å². The highest BCUT2D eigenvalue weighted by Crippen LogP contribution is 2.36. The molecule has 1 heterocycles. The molecule has 4 heteroatoms. The van der Waals surface area contributed by atoms with E-state index in [0.29, 0.717) is 13.2 Å². The molecule has 0 amide bonds. The molecule has 2 aromatic rings. The summed E-state index contributed by atoms with van der Waals surface area (Å²) in [5.41, 5.74) is 0.994. The number of alkyl halides is 1. The zero-order valence-electron chi connectivity index (χ0n) is 11.8. The van der Waals surface area contributed by atoms with Crippen molar-refractivity contribution in [3.8, 4) is 17.2 Å². The quantitative estimate of drug-likeness (QED) is 0.792. The summed E-state index contributed by atoms with van der Waals surface area (Å²) in [7, 11) is 0. The summed E-state index contributed by atoms with van der Waals surface area (Å²) in [6.07, 6.45) is -0.209. The summed E-state index contributed by atoms with van der Waals surface area (Å²) in [5.74, 6) is 2.35. The van der Waals surface area contributed by atoms with E-state index in [2.05, 4.69) is 0 Å². The van der Waals surface area contributed by atoms with E-state index in [1.807, 2.05) is 55.5 Å². The van der Waals surface area contributed by atoms with Gasteiger partial charge in [-0.2, -0.15) is 0 Å². The molecule has 0 saturated carbocycles. The molecule has 2 unspecified atom stereocenters. The van der Waals surface area contributed by atoms with Crippen molar-refractivity contribution in [2.75, 3.05) is 13.2 Å². The fourth-order valence-corrected chi connectivity index (χ4v) is 2.58. The Morgan fingerprint density at radius 3 is 2.57 bits per heavy atom. The summed E-state index contributed by atoms with van der Waals surface area (Å²) in [6.45, 7) is 3.06. The van der Waals surface area contributed by atoms with Gasteiger partial charge in [-0.05, 0) is 36.8 Å². The molecule has 0 fully saturated rings. The minimum absolute atomic E-state index is 0.209. The average molecular weight is 305 g/mol. The standard InChI is InChI=1S/C17H17ClO3/c1-2-19-13-9-7-12(8-10-13)17(18)16-11-20-14-5-3-4-6-15(14)21-16/h3-10,16-17H,2,11H2,1H3. The van der Waals surface area contributed by atoms with Crippen molar-refractivity contribution in [2.24, 2.45) is 0 Å². The van der Waals surface area contributed by atoms with Crippen LogP contribution in [-0.2, 0) is 0 Å². The van der Waals surface area contributed by atoms with Gasteiger partial charge in [-0.15, -0.1) is 11.6 Å². The highest BCUT2D eigenvalue weighted by molar-refractivity contribution is 6.21. The summed E-state index contributed by atoms with van der Waals surface area (Å²) < 4.78 is 17.1. The van der Waals surface area contributed by atoms with Crippen molar-refractivity contribution < 1.29 is 14.2 Å². The molecule has 2 atom stereocenters. The van der Waals surface area contributed by atoms with Gasteiger partial charge in [0.05, 0.1) is 12.0 Å². The maximum absolute atomic E-state index is 6.54. The van der Waals surface area contributed by atoms with Crippen molar-refractivity contribution >= 4 is 11.6 Å². The molecule has 0 saturated heterocycles. The SMILES string of the molecule is CCOc1ccc(C(Cl)C2COc3ccccc3O2)cc1. The maximum atomic E-state index is 6.54. The number of hydrogen-bond acceptors (Lipinski definition) is 3. The number of halogens is 1. The van der Waals surface area contributed by atoms with E-state index in [-0.39, 0.29) is 11.5 Å². The Kier molecular flexibility index (Phi) is 4.20. The zero-order chi connectivity index (χ0) is 14.7. The van der Waals surface area contributed by atoms with Gasteiger partial charge in [0.25, 0.3) is 0 Å². The second kappa shape index (κ2) is 6.27. The van der Waals surface area contributed by atoms with Crippen LogP contribution in [-0.4, -0.2) is 19.3 Å². The first-order chi connectivity index (χ1) is 10.3. The Morgan fingerprint density at radius 2 is 1.86 bits per heavy atom. The summed E-state index contributed by atoms with van der Waals surface area (Å²) >= 11 is 6.54. The number of fused-ring (bicyclic) bond motifs is 1. The Balaban J connectivity index is 1.72. The third-order valence-corrected chi connectivity index (χ3v) is 3.90. The fraction of sp³-hybridized carbons (Fsp3) is 0.294. The summed E-state index contributed by atoms with van der Waals surface area (Å²) in [5, 5.41) is -0.269. The van der Waals surface area contributed by atoms with Gasteiger partial charge in [0, 0.05) is 0 Å². The average Bonchev–Trinajstić information content (AvgIpc) is 2.55. The number of hydrogen-bond donors (Lipinski definition) is 0. The normalized spacial score (nSPS) is 18.1. The van der Waals surface area contributed by atoms with Crippen LogP contribution in [0.25, 0.3) is 0 Å². The van der Waals surface area contributed by atoms with Gasteiger partial charge < -0.3 is 14.2 Å². The first kappa shape index (κ1) is 14.1. The monoisotopic (exact) mass is 304 g/mol. The molecule has 0 radical (unpaired) electrons. The van der Waals surface area contributed by atoms with Crippen LogP contribution in [0.4, 0.5) is 0 Å². The Morgan fingerprint density at radius 1 is 1.14 bits per heavy atom. The molecule has 0 bridgehead atoms. The van der Waals surface area contributed by atoms with Crippen molar-refractivity contribution in [1.29, 1.82) is 0 Å². The molecule has 1 aliphatic heterocycles. The van der Waals surface area contributed by atoms with Crippen molar-refractivity contribution in [1.82, 2.24) is 0 Å². The zero-order valence-corrected chi connectivity index (χ0v) is 12.5. The molecule has 0 aliphatic carbocycles. The predicted octanol–water partition coefficient (Wildman–Crippen LogP) is 4.21. The summed E-state index contributed by atoms with van der Waals surface area (Å²) in [4.78, 5) is 0. The molecule has 0 spiro atoms. The Labute approximate surface area is 129 Å². The van der Waals surface area contributed by atoms with Gasteiger partial charge in [-0.25, -0.2) is 0 Å². The lowest BCUT2D eigenvalue weighted by atomic mass is 10.1. The number of benzene rings is 2. The molecule has 0 aromatic heterocycles. The maximum Gasteiger partial charge on any atom is 0.161 e. The largest absolute Gasteiger partial charge is 0.494 e. The van der Waals surface area contributed by atoms with Crippen molar-refractivity contribution in [2.45, 2.75) is 18.4 Å². The molecule has 110 valence electrons. The van der Waals surface area contributed by atoms with E-state index in [1.165, 1.54) is 0 Å². The van der Waals surface area contributed by atoms with Gasteiger partial charge in [0.15, 0.2) is 17.6 Å². The van der Waals surface area contributed by atoms with Crippen LogP contribution in [0.3, 0.4) is 0 Å². The first-order valence-corrected chi connectivity index (χ1v) is 7.47. The van der Waals surface area contributed by atoms with Crippen molar-refractivity contribution in [3.63, 3.8) is 0 Å². The van der Waals surface area contributed by atoms with E-state index in [0.717, 1.165) is 22.8 Å². The minimum atomic E-state index is -0.269. The molecule has 0 N–H and O–H groups in total. The van der Waals surface area contributed by atoms with Gasteiger partial charge in [0.2, 0.25) is 0 Å². The van der Waals surface area contributed by atoms with E-state index in [1.54, 1.807) is 0 Å². The topological polar surface area (TPSA) is 27.7 Å². The van der Waals surface area contributed by atoms with E-state index >= 15 is 0 Å². The van der Waals surface area contributed by atoms with E-state index in [4.69, 9.17) is 25.8 Å². The van der Waals surface area contributed by atoms with Crippen LogP contribution in [0.2, 0.25) is 0 Å².